The Morgan fingerprint density at radius 2 is 1.97 bits per heavy atom. The largest absolute Gasteiger partial charge is 0.497 e. The minimum atomic E-state index is -0.422. The number of methoxy groups -OCH3 is 1. The molecule has 2 aromatic heterocycles. The van der Waals surface area contributed by atoms with Gasteiger partial charge in [-0.1, -0.05) is 41.6 Å². The number of rotatable bonds is 6. The van der Waals surface area contributed by atoms with Gasteiger partial charge in [-0.15, -0.1) is 10.2 Å². The Morgan fingerprint density at radius 1 is 1.14 bits per heavy atom. The molecule has 0 aliphatic heterocycles. The van der Waals surface area contributed by atoms with Gasteiger partial charge in [0.15, 0.2) is 5.69 Å². The van der Waals surface area contributed by atoms with E-state index in [9.17, 15) is 4.79 Å². The van der Waals surface area contributed by atoms with Crippen LogP contribution in [0.1, 0.15) is 21.7 Å². The van der Waals surface area contributed by atoms with Gasteiger partial charge in [0.25, 0.3) is 5.91 Å². The van der Waals surface area contributed by atoms with Crippen LogP contribution in [0.15, 0.2) is 60.9 Å². The SMILES string of the molecule is COc1cccc(-n2nnc(C(=O)Nc3ncn(Cc4ccccc4)n3)c2C)c1. The second-order valence-electron chi connectivity index (χ2n) is 6.34. The number of benzene rings is 2. The van der Waals surface area contributed by atoms with Gasteiger partial charge in [-0.2, -0.15) is 0 Å². The molecule has 0 radical (unpaired) electrons. The van der Waals surface area contributed by atoms with Gasteiger partial charge in [-0.25, -0.2) is 14.3 Å². The second kappa shape index (κ2) is 7.93. The van der Waals surface area contributed by atoms with Gasteiger partial charge >= 0.3 is 0 Å². The highest BCUT2D eigenvalue weighted by Crippen LogP contribution is 2.18. The molecule has 0 atom stereocenters. The van der Waals surface area contributed by atoms with Crippen LogP contribution in [0.25, 0.3) is 5.69 Å². The van der Waals surface area contributed by atoms with Gasteiger partial charge in [-0.3, -0.25) is 10.1 Å². The van der Waals surface area contributed by atoms with E-state index in [4.69, 9.17) is 4.74 Å². The molecule has 0 aliphatic carbocycles. The average molecular weight is 389 g/mol. The summed E-state index contributed by atoms with van der Waals surface area (Å²) in [6.45, 7) is 2.34. The van der Waals surface area contributed by atoms with E-state index in [1.807, 2.05) is 54.6 Å². The smallest absolute Gasteiger partial charge is 0.280 e. The van der Waals surface area contributed by atoms with Crippen molar-refractivity contribution in [3.63, 3.8) is 0 Å². The van der Waals surface area contributed by atoms with Crippen LogP contribution in [-0.2, 0) is 6.54 Å². The van der Waals surface area contributed by atoms with E-state index in [0.29, 0.717) is 18.0 Å². The lowest BCUT2D eigenvalue weighted by Gasteiger charge is -2.06. The third kappa shape index (κ3) is 3.98. The molecule has 0 unspecified atom stereocenters. The molecular weight excluding hydrogens is 370 g/mol. The number of carbonyl (C=O) groups is 1. The Hall–Kier alpha value is -4.01. The lowest BCUT2D eigenvalue weighted by Crippen LogP contribution is -2.15. The fourth-order valence-corrected chi connectivity index (χ4v) is 2.89. The molecule has 1 amide bonds. The highest BCUT2D eigenvalue weighted by Gasteiger charge is 2.19. The van der Waals surface area contributed by atoms with Crippen molar-refractivity contribution in [1.29, 1.82) is 0 Å². The Balaban J connectivity index is 1.49. The molecule has 4 rings (SSSR count). The highest BCUT2D eigenvalue weighted by molar-refractivity contribution is 6.02. The zero-order chi connectivity index (χ0) is 20.2. The molecule has 9 nitrogen and oxygen atoms in total. The summed E-state index contributed by atoms with van der Waals surface area (Å²) >= 11 is 0. The zero-order valence-corrected chi connectivity index (χ0v) is 16.0. The molecule has 0 saturated carbocycles. The summed E-state index contributed by atoms with van der Waals surface area (Å²) in [7, 11) is 1.59. The van der Waals surface area contributed by atoms with Crippen molar-refractivity contribution in [2.45, 2.75) is 13.5 Å². The van der Waals surface area contributed by atoms with E-state index in [-0.39, 0.29) is 11.6 Å². The lowest BCUT2D eigenvalue weighted by molar-refractivity contribution is 0.102. The maximum Gasteiger partial charge on any atom is 0.280 e. The Morgan fingerprint density at radius 3 is 2.76 bits per heavy atom. The first-order chi connectivity index (χ1) is 14.1. The number of anilines is 1. The molecule has 0 bridgehead atoms. The topological polar surface area (TPSA) is 99.7 Å². The molecule has 4 aromatic rings. The number of ether oxygens (including phenoxy) is 1. The van der Waals surface area contributed by atoms with Crippen molar-refractivity contribution in [2.24, 2.45) is 0 Å². The fourth-order valence-electron chi connectivity index (χ4n) is 2.89. The molecule has 29 heavy (non-hydrogen) atoms. The van der Waals surface area contributed by atoms with Gasteiger partial charge in [0.05, 0.1) is 25.0 Å². The standard InChI is InChI=1S/C20H19N7O2/c1-14-18(23-25-27(14)16-9-6-10-17(11-16)29-2)19(28)22-20-21-13-26(24-20)12-15-7-4-3-5-8-15/h3-11,13H,12H2,1-2H3,(H,22,24,28). The highest BCUT2D eigenvalue weighted by atomic mass is 16.5. The third-order valence-corrected chi connectivity index (χ3v) is 4.36. The summed E-state index contributed by atoms with van der Waals surface area (Å²) in [5, 5.41) is 15.1. The van der Waals surface area contributed by atoms with Crippen LogP contribution in [0.3, 0.4) is 0 Å². The molecule has 2 aromatic carbocycles. The van der Waals surface area contributed by atoms with Crippen molar-refractivity contribution in [2.75, 3.05) is 12.4 Å². The van der Waals surface area contributed by atoms with Crippen LogP contribution in [0.4, 0.5) is 5.95 Å². The van der Waals surface area contributed by atoms with E-state index in [2.05, 4.69) is 25.7 Å². The summed E-state index contributed by atoms with van der Waals surface area (Å²) in [5.74, 6) is 0.479. The number of nitrogens with zero attached hydrogens (tertiary/aromatic N) is 6. The molecule has 0 saturated heterocycles. The van der Waals surface area contributed by atoms with Crippen molar-refractivity contribution >= 4 is 11.9 Å². The predicted molar refractivity (Wildman–Crippen MR) is 106 cm³/mol. The summed E-state index contributed by atoms with van der Waals surface area (Å²) < 4.78 is 8.47. The minimum Gasteiger partial charge on any atom is -0.497 e. The molecule has 0 fully saturated rings. The number of amides is 1. The number of aromatic nitrogens is 6. The van der Waals surface area contributed by atoms with Crippen LogP contribution >= 0.6 is 0 Å². The quantitative estimate of drug-likeness (QED) is 0.544. The Bertz CT molecular complexity index is 1130. The van der Waals surface area contributed by atoms with E-state index in [0.717, 1.165) is 11.3 Å². The van der Waals surface area contributed by atoms with Gasteiger partial charge in [-0.05, 0) is 24.6 Å². The van der Waals surface area contributed by atoms with Crippen molar-refractivity contribution in [3.05, 3.63) is 77.9 Å². The number of carbonyl (C=O) groups excluding carboxylic acids is 1. The molecule has 1 N–H and O–H groups in total. The summed E-state index contributed by atoms with van der Waals surface area (Å²) in [6, 6.07) is 17.2. The van der Waals surface area contributed by atoms with Gasteiger partial charge in [0.2, 0.25) is 5.95 Å². The summed E-state index contributed by atoms with van der Waals surface area (Å²) in [5.41, 5.74) is 2.64. The van der Waals surface area contributed by atoms with Crippen molar-refractivity contribution in [3.8, 4) is 11.4 Å². The zero-order valence-electron chi connectivity index (χ0n) is 16.0. The van der Waals surface area contributed by atoms with Gasteiger partial charge < -0.3 is 4.74 Å². The number of hydrogen-bond acceptors (Lipinski definition) is 6. The third-order valence-electron chi connectivity index (χ3n) is 4.36. The van der Waals surface area contributed by atoms with E-state index in [1.54, 1.807) is 29.7 Å². The Kier molecular flexibility index (Phi) is 5.02. The Labute approximate surface area is 167 Å². The van der Waals surface area contributed by atoms with Crippen LogP contribution in [0, 0.1) is 6.92 Å². The molecule has 2 heterocycles. The fraction of sp³-hybridized carbons (Fsp3) is 0.150. The maximum atomic E-state index is 12.6. The molecular formula is C20H19N7O2. The van der Waals surface area contributed by atoms with Gasteiger partial charge in [0, 0.05) is 6.07 Å². The number of hydrogen-bond donors (Lipinski definition) is 1. The first-order valence-corrected chi connectivity index (χ1v) is 8.95. The molecule has 0 spiro atoms. The predicted octanol–water partition coefficient (Wildman–Crippen LogP) is 2.48. The average Bonchev–Trinajstić information content (AvgIpc) is 3.35. The van der Waals surface area contributed by atoms with Crippen LogP contribution in [0.5, 0.6) is 5.75 Å². The summed E-state index contributed by atoms with van der Waals surface area (Å²) in [4.78, 5) is 16.8. The second-order valence-corrected chi connectivity index (χ2v) is 6.34. The van der Waals surface area contributed by atoms with E-state index >= 15 is 0 Å². The van der Waals surface area contributed by atoms with Crippen LogP contribution < -0.4 is 10.1 Å². The maximum absolute atomic E-state index is 12.6. The van der Waals surface area contributed by atoms with Crippen molar-refractivity contribution in [1.82, 2.24) is 29.8 Å². The first-order valence-electron chi connectivity index (χ1n) is 8.95. The van der Waals surface area contributed by atoms with E-state index in [1.165, 1.54) is 0 Å². The minimum absolute atomic E-state index is 0.201. The molecule has 146 valence electrons. The summed E-state index contributed by atoms with van der Waals surface area (Å²) in [6.07, 6.45) is 1.57. The van der Waals surface area contributed by atoms with Crippen LogP contribution in [-0.4, -0.2) is 42.8 Å². The van der Waals surface area contributed by atoms with Gasteiger partial charge in [0.1, 0.15) is 12.1 Å². The number of nitrogens with one attached hydrogen (secondary N) is 1. The first kappa shape index (κ1) is 18.4. The van der Waals surface area contributed by atoms with E-state index < -0.39 is 5.91 Å². The molecule has 9 heteroatoms. The lowest BCUT2D eigenvalue weighted by atomic mass is 10.2. The van der Waals surface area contributed by atoms with Crippen LogP contribution in [0.2, 0.25) is 0 Å². The van der Waals surface area contributed by atoms with Crippen molar-refractivity contribution < 1.29 is 9.53 Å². The normalized spacial score (nSPS) is 10.7. The monoisotopic (exact) mass is 389 g/mol. The molecule has 0 aliphatic rings.